The van der Waals surface area contributed by atoms with E-state index in [2.05, 4.69) is 10.1 Å². The summed E-state index contributed by atoms with van der Waals surface area (Å²) in [7, 11) is 4.61. The van der Waals surface area contributed by atoms with Gasteiger partial charge in [-0.2, -0.15) is 4.98 Å². The summed E-state index contributed by atoms with van der Waals surface area (Å²) in [6.45, 7) is 0. The zero-order chi connectivity index (χ0) is 13.1. The Morgan fingerprint density at radius 2 is 1.67 bits per heavy atom. The lowest BCUT2D eigenvalue weighted by molar-refractivity contribution is 0.376. The first kappa shape index (κ1) is 12.5. The number of aromatic nitrogens is 2. The van der Waals surface area contributed by atoms with E-state index in [1.54, 1.807) is 19.2 Å². The first-order valence-corrected chi connectivity index (χ1v) is 5.37. The summed E-state index contributed by atoms with van der Waals surface area (Å²) in [6, 6.07) is 3.39. The molecule has 0 N–H and O–H groups in total. The van der Waals surface area contributed by atoms with Crippen molar-refractivity contribution in [2.45, 2.75) is 0 Å². The van der Waals surface area contributed by atoms with Crippen molar-refractivity contribution in [1.82, 2.24) is 10.1 Å². The Bertz CT molecular complexity index is 531. The van der Waals surface area contributed by atoms with Crippen LogP contribution in [0.3, 0.4) is 0 Å². The monoisotopic (exact) mass is 270 g/mol. The Balaban J connectivity index is 2.63. The van der Waals surface area contributed by atoms with Crippen molar-refractivity contribution in [3.05, 3.63) is 17.5 Å². The molecule has 0 aliphatic carbocycles. The number of ether oxygens (including phenoxy) is 3. The Hall–Kier alpha value is -1.95. The van der Waals surface area contributed by atoms with Crippen molar-refractivity contribution in [3.63, 3.8) is 0 Å². The van der Waals surface area contributed by atoms with Gasteiger partial charge in [0.2, 0.25) is 5.82 Å². The van der Waals surface area contributed by atoms with Gasteiger partial charge in [0.15, 0.2) is 0 Å². The van der Waals surface area contributed by atoms with E-state index in [4.69, 9.17) is 30.3 Å². The fourth-order valence-corrected chi connectivity index (χ4v) is 1.65. The molecule has 96 valence electrons. The van der Waals surface area contributed by atoms with Crippen molar-refractivity contribution in [1.29, 1.82) is 0 Å². The average molecular weight is 271 g/mol. The Kier molecular flexibility index (Phi) is 3.57. The van der Waals surface area contributed by atoms with Crippen LogP contribution in [0.1, 0.15) is 0 Å². The molecule has 2 rings (SSSR count). The zero-order valence-corrected chi connectivity index (χ0v) is 10.8. The largest absolute Gasteiger partial charge is 0.496 e. The molecule has 0 fully saturated rings. The molecule has 0 radical (unpaired) electrons. The standard InChI is InChI=1S/C11H11ClN2O4/c1-15-6-4-7(16-2)9(8(5-6)17-3)10-13-11(12)18-14-10/h4-5H,1-3H3. The van der Waals surface area contributed by atoms with E-state index < -0.39 is 0 Å². The molecule has 0 unspecified atom stereocenters. The molecule has 0 bridgehead atoms. The van der Waals surface area contributed by atoms with E-state index in [-0.39, 0.29) is 11.2 Å². The van der Waals surface area contributed by atoms with Crippen molar-refractivity contribution < 1.29 is 18.7 Å². The third-order valence-electron chi connectivity index (χ3n) is 2.34. The molecule has 0 amide bonds. The molecule has 0 aliphatic rings. The molecular weight excluding hydrogens is 260 g/mol. The van der Waals surface area contributed by atoms with Gasteiger partial charge in [0, 0.05) is 12.1 Å². The highest BCUT2D eigenvalue weighted by Gasteiger charge is 2.19. The highest BCUT2D eigenvalue weighted by molar-refractivity contribution is 6.27. The van der Waals surface area contributed by atoms with E-state index in [9.17, 15) is 0 Å². The fourth-order valence-electron chi connectivity index (χ4n) is 1.53. The second-order valence-electron chi connectivity index (χ2n) is 3.28. The van der Waals surface area contributed by atoms with Gasteiger partial charge in [-0.25, -0.2) is 0 Å². The number of benzene rings is 1. The van der Waals surface area contributed by atoms with Gasteiger partial charge in [0.05, 0.1) is 21.3 Å². The lowest BCUT2D eigenvalue weighted by Crippen LogP contribution is -1.96. The summed E-state index contributed by atoms with van der Waals surface area (Å²) in [5.41, 5.74) is 0.552. The molecule has 2 aromatic rings. The maximum atomic E-state index is 5.61. The van der Waals surface area contributed by atoms with Gasteiger partial charge in [0.25, 0.3) is 0 Å². The molecule has 7 heteroatoms. The summed E-state index contributed by atoms with van der Waals surface area (Å²) in [5.74, 6) is 1.89. The van der Waals surface area contributed by atoms with Crippen molar-refractivity contribution in [2.24, 2.45) is 0 Å². The fraction of sp³-hybridized carbons (Fsp3) is 0.273. The third-order valence-corrected chi connectivity index (χ3v) is 2.49. The van der Waals surface area contributed by atoms with Crippen LogP contribution in [-0.2, 0) is 0 Å². The number of hydrogen-bond donors (Lipinski definition) is 0. The second kappa shape index (κ2) is 5.14. The molecule has 6 nitrogen and oxygen atoms in total. The minimum absolute atomic E-state index is 0.0510. The lowest BCUT2D eigenvalue weighted by Gasteiger charge is -2.12. The summed E-state index contributed by atoms with van der Waals surface area (Å²) < 4.78 is 20.4. The normalized spacial score (nSPS) is 10.2. The zero-order valence-electron chi connectivity index (χ0n) is 10.1. The van der Waals surface area contributed by atoms with Crippen LogP contribution in [0.4, 0.5) is 0 Å². The van der Waals surface area contributed by atoms with Crippen molar-refractivity contribution in [3.8, 4) is 28.6 Å². The second-order valence-corrected chi connectivity index (χ2v) is 3.60. The highest BCUT2D eigenvalue weighted by Crippen LogP contribution is 2.40. The average Bonchev–Trinajstić information content (AvgIpc) is 2.83. The van der Waals surface area contributed by atoms with Crippen LogP contribution < -0.4 is 14.2 Å². The molecular formula is C11H11ClN2O4. The van der Waals surface area contributed by atoms with Gasteiger partial charge < -0.3 is 18.7 Å². The van der Waals surface area contributed by atoms with Gasteiger partial charge in [-0.05, 0) is 11.6 Å². The van der Waals surface area contributed by atoms with Crippen LogP contribution in [0.15, 0.2) is 16.7 Å². The van der Waals surface area contributed by atoms with Crippen molar-refractivity contribution in [2.75, 3.05) is 21.3 Å². The SMILES string of the molecule is COc1cc(OC)c(-c2noc(Cl)n2)c(OC)c1. The first-order valence-electron chi connectivity index (χ1n) is 4.99. The molecule has 18 heavy (non-hydrogen) atoms. The predicted molar refractivity (Wildman–Crippen MR) is 64.4 cm³/mol. The van der Waals surface area contributed by atoms with E-state index in [0.29, 0.717) is 22.8 Å². The van der Waals surface area contributed by atoms with Crippen LogP contribution in [0.5, 0.6) is 17.2 Å². The molecule has 0 saturated carbocycles. The van der Waals surface area contributed by atoms with E-state index in [1.165, 1.54) is 14.2 Å². The predicted octanol–water partition coefficient (Wildman–Crippen LogP) is 2.42. The van der Waals surface area contributed by atoms with E-state index in [0.717, 1.165) is 0 Å². The maximum Gasteiger partial charge on any atom is 0.320 e. The number of hydrogen-bond acceptors (Lipinski definition) is 6. The number of halogens is 1. The topological polar surface area (TPSA) is 66.6 Å². The Morgan fingerprint density at radius 1 is 1.06 bits per heavy atom. The minimum atomic E-state index is -0.0510. The lowest BCUT2D eigenvalue weighted by atomic mass is 10.1. The molecule has 0 saturated heterocycles. The quantitative estimate of drug-likeness (QED) is 0.850. The number of nitrogens with zero attached hydrogens (tertiary/aromatic N) is 2. The maximum absolute atomic E-state index is 5.61. The molecule has 1 aromatic heterocycles. The molecule has 1 aromatic carbocycles. The van der Waals surface area contributed by atoms with Gasteiger partial charge in [0.1, 0.15) is 22.8 Å². The van der Waals surface area contributed by atoms with Gasteiger partial charge in [-0.15, -0.1) is 0 Å². The molecule has 0 aliphatic heterocycles. The van der Waals surface area contributed by atoms with Crippen LogP contribution in [0, 0.1) is 0 Å². The van der Waals surface area contributed by atoms with Crippen LogP contribution in [0.2, 0.25) is 5.35 Å². The van der Waals surface area contributed by atoms with E-state index in [1.807, 2.05) is 0 Å². The summed E-state index contributed by atoms with van der Waals surface area (Å²) in [4.78, 5) is 3.94. The Labute approximate surface area is 108 Å². The van der Waals surface area contributed by atoms with Crippen LogP contribution >= 0.6 is 11.6 Å². The summed E-state index contributed by atoms with van der Waals surface area (Å²) >= 11 is 5.61. The summed E-state index contributed by atoms with van der Waals surface area (Å²) in [6.07, 6.45) is 0. The summed E-state index contributed by atoms with van der Waals surface area (Å²) in [5, 5.41) is 3.69. The van der Waals surface area contributed by atoms with Gasteiger partial charge >= 0.3 is 5.35 Å². The van der Waals surface area contributed by atoms with Crippen LogP contribution in [0.25, 0.3) is 11.4 Å². The first-order chi connectivity index (χ1) is 8.69. The molecule has 0 atom stereocenters. The van der Waals surface area contributed by atoms with Gasteiger partial charge in [-0.3, -0.25) is 0 Å². The highest BCUT2D eigenvalue weighted by atomic mass is 35.5. The number of rotatable bonds is 4. The molecule has 0 spiro atoms. The van der Waals surface area contributed by atoms with Crippen LogP contribution in [-0.4, -0.2) is 31.5 Å². The van der Waals surface area contributed by atoms with E-state index >= 15 is 0 Å². The van der Waals surface area contributed by atoms with Crippen molar-refractivity contribution >= 4 is 11.6 Å². The smallest absolute Gasteiger partial charge is 0.320 e. The third kappa shape index (κ3) is 2.19. The Morgan fingerprint density at radius 3 is 2.06 bits per heavy atom. The van der Waals surface area contributed by atoms with Gasteiger partial charge in [-0.1, -0.05) is 5.16 Å². The minimum Gasteiger partial charge on any atom is -0.496 e. The molecule has 1 heterocycles. The number of methoxy groups -OCH3 is 3.